The Morgan fingerprint density at radius 2 is 2.12 bits per heavy atom. The fourth-order valence-corrected chi connectivity index (χ4v) is 1.66. The lowest BCUT2D eigenvalue weighted by atomic mass is 10.2. The molecule has 0 radical (unpaired) electrons. The average Bonchev–Trinajstić information content (AvgIpc) is 2.60. The molecule has 5 heteroatoms. The van der Waals surface area contributed by atoms with Crippen LogP contribution in [0.2, 0.25) is 0 Å². The van der Waals surface area contributed by atoms with Gasteiger partial charge in [-0.15, -0.1) is 0 Å². The molecule has 84 valence electrons. The van der Waals surface area contributed by atoms with Gasteiger partial charge in [-0.3, -0.25) is 5.10 Å². The fraction of sp³-hybridized carbons (Fsp3) is 0.273. The van der Waals surface area contributed by atoms with Crippen LogP contribution < -0.4 is 4.90 Å². The van der Waals surface area contributed by atoms with E-state index in [0.29, 0.717) is 4.77 Å². The van der Waals surface area contributed by atoms with Gasteiger partial charge in [-0.1, -0.05) is 12.1 Å². The summed E-state index contributed by atoms with van der Waals surface area (Å²) in [4.78, 5) is 2.06. The largest absolute Gasteiger partial charge is 0.378 e. The normalized spacial score (nSPS) is 10.4. The summed E-state index contributed by atoms with van der Waals surface area (Å²) in [5, 5.41) is 7.00. The number of anilines is 1. The van der Waals surface area contributed by atoms with Gasteiger partial charge in [0.25, 0.3) is 0 Å². The number of nitrogens with one attached hydrogen (secondary N) is 1. The molecule has 1 aromatic carbocycles. The third-order valence-electron chi connectivity index (χ3n) is 2.50. The number of benzene rings is 1. The average molecular weight is 234 g/mol. The lowest BCUT2D eigenvalue weighted by Crippen LogP contribution is -2.08. The summed E-state index contributed by atoms with van der Waals surface area (Å²) in [7, 11) is 5.94. The van der Waals surface area contributed by atoms with E-state index < -0.39 is 0 Å². The summed E-state index contributed by atoms with van der Waals surface area (Å²) < 4.78 is 2.50. The molecule has 0 unspecified atom stereocenters. The number of H-pyrrole nitrogens is 1. The van der Waals surface area contributed by atoms with Crippen LogP contribution in [0.5, 0.6) is 0 Å². The summed E-state index contributed by atoms with van der Waals surface area (Å²) in [6.45, 7) is 0. The smallest absolute Gasteiger partial charge is 0.195 e. The summed E-state index contributed by atoms with van der Waals surface area (Å²) in [6, 6.07) is 8.19. The molecule has 0 spiro atoms. The molecule has 2 aromatic rings. The second-order valence-electron chi connectivity index (χ2n) is 3.86. The van der Waals surface area contributed by atoms with Crippen molar-refractivity contribution in [2.24, 2.45) is 7.05 Å². The van der Waals surface area contributed by atoms with E-state index >= 15 is 0 Å². The molecular weight excluding hydrogens is 220 g/mol. The standard InChI is InChI=1S/C11H14N4S/c1-14(2)9-6-4-5-8(7-9)10-12-13-11(16)15(10)3/h4-7H,1-3H3,(H,13,16). The fourth-order valence-electron chi connectivity index (χ4n) is 1.53. The maximum atomic E-state index is 5.09. The van der Waals surface area contributed by atoms with Crippen molar-refractivity contribution in [3.8, 4) is 11.4 Å². The Bertz CT molecular complexity index is 553. The number of nitrogens with zero attached hydrogens (tertiary/aromatic N) is 3. The number of hydrogen-bond donors (Lipinski definition) is 1. The third kappa shape index (κ3) is 1.86. The quantitative estimate of drug-likeness (QED) is 0.809. The Labute approximate surface area is 99.5 Å². The number of hydrogen-bond acceptors (Lipinski definition) is 3. The van der Waals surface area contributed by atoms with Crippen molar-refractivity contribution in [2.75, 3.05) is 19.0 Å². The molecule has 2 rings (SSSR count). The van der Waals surface area contributed by atoms with Crippen molar-refractivity contribution in [3.63, 3.8) is 0 Å². The van der Waals surface area contributed by atoms with Crippen LogP contribution >= 0.6 is 12.2 Å². The van der Waals surface area contributed by atoms with Crippen molar-refractivity contribution >= 4 is 17.9 Å². The highest BCUT2D eigenvalue weighted by atomic mass is 32.1. The Kier molecular flexibility index (Phi) is 2.78. The molecular formula is C11H14N4S. The number of aromatic nitrogens is 3. The zero-order chi connectivity index (χ0) is 11.7. The van der Waals surface area contributed by atoms with Gasteiger partial charge in [0, 0.05) is 32.4 Å². The van der Waals surface area contributed by atoms with Crippen LogP contribution in [0.1, 0.15) is 0 Å². The van der Waals surface area contributed by atoms with Gasteiger partial charge >= 0.3 is 0 Å². The minimum atomic E-state index is 0.630. The van der Waals surface area contributed by atoms with E-state index in [-0.39, 0.29) is 0 Å². The maximum absolute atomic E-state index is 5.09. The number of aromatic amines is 1. The van der Waals surface area contributed by atoms with Gasteiger partial charge in [-0.05, 0) is 24.4 Å². The highest BCUT2D eigenvalue weighted by Crippen LogP contribution is 2.21. The minimum absolute atomic E-state index is 0.630. The van der Waals surface area contributed by atoms with E-state index in [1.54, 1.807) is 0 Å². The van der Waals surface area contributed by atoms with Gasteiger partial charge in [-0.2, -0.15) is 5.10 Å². The SMILES string of the molecule is CN(C)c1cccc(-c2n[nH]c(=S)n2C)c1. The maximum Gasteiger partial charge on any atom is 0.195 e. The van der Waals surface area contributed by atoms with Crippen molar-refractivity contribution in [2.45, 2.75) is 0 Å². The van der Waals surface area contributed by atoms with Gasteiger partial charge in [0.1, 0.15) is 0 Å². The van der Waals surface area contributed by atoms with Crippen LogP contribution in [0.25, 0.3) is 11.4 Å². The zero-order valence-corrected chi connectivity index (χ0v) is 10.4. The van der Waals surface area contributed by atoms with Crippen molar-refractivity contribution in [3.05, 3.63) is 29.0 Å². The van der Waals surface area contributed by atoms with E-state index in [1.165, 1.54) is 0 Å². The lowest BCUT2D eigenvalue weighted by Gasteiger charge is -2.13. The van der Waals surface area contributed by atoms with Gasteiger partial charge in [0.15, 0.2) is 10.6 Å². The molecule has 16 heavy (non-hydrogen) atoms. The predicted octanol–water partition coefficient (Wildman–Crippen LogP) is 2.21. The Balaban J connectivity index is 2.52. The van der Waals surface area contributed by atoms with Crippen LogP contribution in [0.15, 0.2) is 24.3 Å². The third-order valence-corrected chi connectivity index (χ3v) is 2.87. The first kappa shape index (κ1) is 10.9. The molecule has 4 nitrogen and oxygen atoms in total. The van der Waals surface area contributed by atoms with Crippen molar-refractivity contribution in [1.82, 2.24) is 14.8 Å². The first-order chi connectivity index (χ1) is 7.59. The van der Waals surface area contributed by atoms with Crippen molar-refractivity contribution in [1.29, 1.82) is 0 Å². The summed E-state index contributed by atoms with van der Waals surface area (Å²) >= 11 is 5.09. The topological polar surface area (TPSA) is 36.9 Å². The van der Waals surface area contributed by atoms with Crippen LogP contribution in [-0.2, 0) is 7.05 Å². The van der Waals surface area contributed by atoms with E-state index in [0.717, 1.165) is 17.1 Å². The highest BCUT2D eigenvalue weighted by Gasteiger charge is 2.06. The predicted molar refractivity (Wildman–Crippen MR) is 68.2 cm³/mol. The zero-order valence-electron chi connectivity index (χ0n) is 9.56. The second kappa shape index (κ2) is 4.09. The monoisotopic (exact) mass is 234 g/mol. The molecule has 0 aliphatic carbocycles. The van der Waals surface area contributed by atoms with Crippen LogP contribution in [0, 0.1) is 4.77 Å². The van der Waals surface area contributed by atoms with Gasteiger partial charge in [-0.25, -0.2) is 0 Å². The van der Waals surface area contributed by atoms with Gasteiger partial charge in [0.05, 0.1) is 0 Å². The van der Waals surface area contributed by atoms with Crippen LogP contribution in [0.4, 0.5) is 5.69 Å². The Hall–Kier alpha value is -1.62. The van der Waals surface area contributed by atoms with E-state index in [2.05, 4.69) is 27.2 Å². The molecule has 0 amide bonds. The molecule has 0 aliphatic rings. The van der Waals surface area contributed by atoms with E-state index in [1.807, 2.05) is 37.8 Å². The molecule has 0 atom stereocenters. The Morgan fingerprint density at radius 3 is 2.69 bits per heavy atom. The molecule has 0 aliphatic heterocycles. The molecule has 1 aromatic heterocycles. The van der Waals surface area contributed by atoms with Crippen LogP contribution in [-0.4, -0.2) is 28.9 Å². The highest BCUT2D eigenvalue weighted by molar-refractivity contribution is 7.71. The molecule has 0 saturated carbocycles. The lowest BCUT2D eigenvalue weighted by molar-refractivity contribution is 0.902. The molecule has 1 N–H and O–H groups in total. The molecule has 0 fully saturated rings. The second-order valence-corrected chi connectivity index (χ2v) is 4.24. The van der Waals surface area contributed by atoms with E-state index in [4.69, 9.17) is 12.2 Å². The minimum Gasteiger partial charge on any atom is -0.378 e. The summed E-state index contributed by atoms with van der Waals surface area (Å²) in [6.07, 6.45) is 0. The van der Waals surface area contributed by atoms with Gasteiger partial charge < -0.3 is 9.47 Å². The molecule has 0 bridgehead atoms. The summed E-state index contributed by atoms with van der Waals surface area (Å²) in [5.74, 6) is 0.855. The first-order valence-corrected chi connectivity index (χ1v) is 5.39. The molecule has 1 heterocycles. The Morgan fingerprint density at radius 1 is 1.38 bits per heavy atom. The van der Waals surface area contributed by atoms with Gasteiger partial charge in [0.2, 0.25) is 0 Å². The number of rotatable bonds is 2. The van der Waals surface area contributed by atoms with Crippen LogP contribution in [0.3, 0.4) is 0 Å². The van der Waals surface area contributed by atoms with Crippen molar-refractivity contribution < 1.29 is 0 Å². The molecule has 0 saturated heterocycles. The summed E-state index contributed by atoms with van der Waals surface area (Å²) in [5.41, 5.74) is 2.20. The van der Waals surface area contributed by atoms with E-state index in [9.17, 15) is 0 Å². The first-order valence-electron chi connectivity index (χ1n) is 4.99.